The van der Waals surface area contributed by atoms with Gasteiger partial charge < -0.3 is 14.6 Å². The molecule has 1 fully saturated rings. The zero-order valence-corrected chi connectivity index (χ0v) is 21.2. The molecule has 0 unspecified atom stereocenters. The van der Waals surface area contributed by atoms with Crippen molar-refractivity contribution in [2.45, 2.75) is 26.3 Å². The van der Waals surface area contributed by atoms with E-state index < -0.39 is 17.7 Å². The second-order valence-electron chi connectivity index (χ2n) is 9.09. The van der Waals surface area contributed by atoms with Crippen LogP contribution in [0.3, 0.4) is 0 Å². The van der Waals surface area contributed by atoms with Crippen LogP contribution in [0.25, 0.3) is 16.0 Å². The number of hydrogen-bond donors (Lipinski definition) is 1. The van der Waals surface area contributed by atoms with Gasteiger partial charge in [-0.05, 0) is 60.4 Å². The Morgan fingerprint density at radius 3 is 2.54 bits per heavy atom. The van der Waals surface area contributed by atoms with Gasteiger partial charge in [-0.25, -0.2) is 4.98 Å². The summed E-state index contributed by atoms with van der Waals surface area (Å²) in [6.07, 6.45) is 0.856. The van der Waals surface area contributed by atoms with E-state index in [-0.39, 0.29) is 11.3 Å². The first kappa shape index (κ1) is 23.2. The maximum absolute atomic E-state index is 13.5. The third kappa shape index (κ3) is 3.94. The molecule has 1 atom stereocenters. The number of hydrogen-bond acceptors (Lipinski definition) is 7. The number of carbonyl (C=O) groups excluding carboxylic acids is 2. The first-order valence-corrected chi connectivity index (χ1v) is 12.9. The fourth-order valence-electron chi connectivity index (χ4n) is 4.75. The first-order chi connectivity index (χ1) is 17.9. The molecule has 3 heterocycles. The Labute approximate surface area is 217 Å². The van der Waals surface area contributed by atoms with E-state index in [1.54, 1.807) is 18.2 Å². The molecule has 0 saturated carbocycles. The van der Waals surface area contributed by atoms with Crippen LogP contribution in [0.4, 0.5) is 5.13 Å². The summed E-state index contributed by atoms with van der Waals surface area (Å²) in [4.78, 5) is 33.1. The molecule has 1 amide bonds. The van der Waals surface area contributed by atoms with Crippen LogP contribution >= 0.6 is 11.3 Å². The molecule has 0 bridgehead atoms. The van der Waals surface area contributed by atoms with E-state index in [2.05, 4.69) is 11.9 Å². The summed E-state index contributed by atoms with van der Waals surface area (Å²) in [6, 6.07) is 17.8. The third-order valence-electron chi connectivity index (χ3n) is 6.70. The summed E-state index contributed by atoms with van der Waals surface area (Å²) in [5.74, 6) is -0.694. The number of rotatable bonds is 4. The molecule has 2 aliphatic heterocycles. The molecule has 0 aliphatic carbocycles. The second-order valence-corrected chi connectivity index (χ2v) is 10.1. The van der Waals surface area contributed by atoms with Crippen LogP contribution < -0.4 is 14.4 Å². The summed E-state index contributed by atoms with van der Waals surface area (Å²) in [5.41, 5.74) is 4.06. The van der Waals surface area contributed by atoms with Crippen molar-refractivity contribution < 1.29 is 24.2 Å². The van der Waals surface area contributed by atoms with E-state index >= 15 is 0 Å². The lowest BCUT2D eigenvalue weighted by molar-refractivity contribution is -0.132. The molecule has 1 aromatic heterocycles. The maximum Gasteiger partial charge on any atom is 0.301 e. The topological polar surface area (TPSA) is 89.0 Å². The van der Waals surface area contributed by atoms with Crippen LogP contribution in [0.5, 0.6) is 11.5 Å². The highest BCUT2D eigenvalue weighted by Crippen LogP contribution is 2.45. The summed E-state index contributed by atoms with van der Waals surface area (Å²) in [6.45, 7) is 4.89. The SMILES string of the molecule is CCc1ccc([C@H]2C(=C(O)c3ccc4c(c3)OCCO4)C(=O)C(=O)N2c2nc3ccc(C)cc3s2)cc1. The van der Waals surface area contributed by atoms with Gasteiger partial charge in [-0.2, -0.15) is 0 Å². The predicted octanol–water partition coefficient (Wildman–Crippen LogP) is 5.56. The molecular formula is C29H24N2O5S. The monoisotopic (exact) mass is 512 g/mol. The smallest absolute Gasteiger partial charge is 0.301 e. The molecule has 1 saturated heterocycles. The average Bonchev–Trinajstić information content (AvgIpc) is 3.45. The summed E-state index contributed by atoms with van der Waals surface area (Å²) in [5, 5.41) is 11.9. The zero-order valence-electron chi connectivity index (χ0n) is 20.4. The molecule has 3 aromatic carbocycles. The fourth-order valence-corrected chi connectivity index (χ4v) is 5.84. The highest BCUT2D eigenvalue weighted by Gasteiger charge is 2.48. The van der Waals surface area contributed by atoms with Gasteiger partial charge in [0, 0.05) is 5.56 Å². The zero-order chi connectivity index (χ0) is 25.7. The summed E-state index contributed by atoms with van der Waals surface area (Å²) >= 11 is 1.35. The van der Waals surface area contributed by atoms with Gasteiger partial charge >= 0.3 is 5.91 Å². The summed E-state index contributed by atoms with van der Waals surface area (Å²) in [7, 11) is 0. The van der Waals surface area contributed by atoms with Crippen LogP contribution in [0, 0.1) is 6.92 Å². The highest BCUT2D eigenvalue weighted by atomic mass is 32.1. The number of ether oxygens (including phenoxy) is 2. The molecule has 0 radical (unpaired) electrons. The van der Waals surface area contributed by atoms with E-state index in [0.717, 1.165) is 27.8 Å². The Hall–Kier alpha value is -4.17. The van der Waals surface area contributed by atoms with Gasteiger partial charge in [0.1, 0.15) is 19.0 Å². The van der Waals surface area contributed by atoms with Crippen LogP contribution in [0.15, 0.2) is 66.2 Å². The predicted molar refractivity (Wildman–Crippen MR) is 142 cm³/mol. The molecule has 2 aliphatic rings. The van der Waals surface area contributed by atoms with Crippen molar-refractivity contribution in [3.8, 4) is 11.5 Å². The quantitative estimate of drug-likeness (QED) is 0.219. The van der Waals surface area contributed by atoms with Crippen LogP contribution in [0.1, 0.15) is 35.2 Å². The van der Waals surface area contributed by atoms with Gasteiger partial charge in [0.25, 0.3) is 5.78 Å². The largest absolute Gasteiger partial charge is 0.507 e. The van der Waals surface area contributed by atoms with Crippen molar-refractivity contribution in [1.29, 1.82) is 0 Å². The number of amides is 1. The molecule has 186 valence electrons. The maximum atomic E-state index is 13.5. The molecule has 7 nitrogen and oxygen atoms in total. The molecular weight excluding hydrogens is 488 g/mol. The van der Waals surface area contributed by atoms with E-state index in [0.29, 0.717) is 41.0 Å². The first-order valence-electron chi connectivity index (χ1n) is 12.1. The molecule has 4 aromatic rings. The number of ketones is 1. The lowest BCUT2D eigenvalue weighted by Gasteiger charge is -2.23. The Balaban J connectivity index is 1.53. The number of aliphatic hydroxyl groups is 1. The van der Waals surface area contributed by atoms with E-state index in [9.17, 15) is 14.7 Å². The number of benzene rings is 3. The minimum atomic E-state index is -0.833. The molecule has 8 heteroatoms. The van der Waals surface area contributed by atoms with Crippen molar-refractivity contribution in [3.63, 3.8) is 0 Å². The molecule has 37 heavy (non-hydrogen) atoms. The minimum absolute atomic E-state index is 0.0152. The van der Waals surface area contributed by atoms with Gasteiger partial charge in [0.05, 0.1) is 21.8 Å². The number of fused-ring (bicyclic) bond motifs is 2. The van der Waals surface area contributed by atoms with Crippen molar-refractivity contribution in [1.82, 2.24) is 4.98 Å². The number of anilines is 1. The molecule has 1 N–H and O–H groups in total. The van der Waals surface area contributed by atoms with E-state index in [1.807, 2.05) is 49.4 Å². The van der Waals surface area contributed by atoms with E-state index in [1.165, 1.54) is 16.2 Å². The highest BCUT2D eigenvalue weighted by molar-refractivity contribution is 7.22. The van der Waals surface area contributed by atoms with Gasteiger partial charge in [0.15, 0.2) is 16.6 Å². The number of aryl methyl sites for hydroxylation is 2. The number of carbonyl (C=O) groups is 2. The van der Waals surface area contributed by atoms with Gasteiger partial charge in [-0.1, -0.05) is 48.6 Å². The number of Topliss-reactive ketones (excluding diaryl/α,β-unsaturated/α-hetero) is 1. The summed E-state index contributed by atoms with van der Waals surface area (Å²) < 4.78 is 12.2. The number of nitrogens with zero attached hydrogens (tertiary/aromatic N) is 2. The van der Waals surface area contributed by atoms with Gasteiger partial charge in [-0.15, -0.1) is 0 Å². The second kappa shape index (κ2) is 9.05. The van der Waals surface area contributed by atoms with Crippen LogP contribution in [-0.4, -0.2) is 35.0 Å². The number of aliphatic hydroxyl groups excluding tert-OH is 1. The minimum Gasteiger partial charge on any atom is -0.507 e. The fraction of sp³-hybridized carbons (Fsp3) is 0.207. The average molecular weight is 513 g/mol. The third-order valence-corrected chi connectivity index (χ3v) is 7.72. The van der Waals surface area contributed by atoms with E-state index in [4.69, 9.17) is 9.47 Å². The lowest BCUT2D eigenvalue weighted by atomic mass is 9.94. The number of thiazole rings is 1. The van der Waals surface area contributed by atoms with Crippen molar-refractivity contribution in [2.75, 3.05) is 18.1 Å². The van der Waals surface area contributed by atoms with Crippen molar-refractivity contribution >= 4 is 44.1 Å². The Morgan fingerprint density at radius 2 is 1.78 bits per heavy atom. The lowest BCUT2D eigenvalue weighted by Crippen LogP contribution is -2.29. The van der Waals surface area contributed by atoms with Gasteiger partial charge in [-0.3, -0.25) is 14.5 Å². The van der Waals surface area contributed by atoms with Gasteiger partial charge in [0.2, 0.25) is 0 Å². The van der Waals surface area contributed by atoms with Crippen LogP contribution in [-0.2, 0) is 16.0 Å². The van der Waals surface area contributed by atoms with Crippen molar-refractivity contribution in [3.05, 3.63) is 88.5 Å². The van der Waals surface area contributed by atoms with Crippen molar-refractivity contribution in [2.24, 2.45) is 0 Å². The molecule has 6 rings (SSSR count). The van der Waals surface area contributed by atoms with Crippen LogP contribution in [0.2, 0.25) is 0 Å². The normalized spacial score (nSPS) is 18.5. The molecule has 0 spiro atoms. The Bertz CT molecular complexity index is 1590. The standard InChI is InChI=1S/C29H24N2O5S/c1-3-17-5-7-18(8-6-17)25-24(26(32)19-9-11-21-22(15-19)36-13-12-35-21)27(33)28(34)31(25)29-30-20-10-4-16(2)14-23(20)37-29/h4-11,14-15,25,32H,3,12-13H2,1-2H3/t25-/m0/s1. The Morgan fingerprint density at radius 1 is 1.03 bits per heavy atom. The number of aromatic nitrogens is 1. The Kier molecular flexibility index (Phi) is 5.68.